The molecule has 0 radical (unpaired) electrons. The van der Waals surface area contributed by atoms with E-state index >= 15 is 0 Å². The van der Waals surface area contributed by atoms with Crippen molar-refractivity contribution in [3.8, 4) is 0 Å². The van der Waals surface area contributed by atoms with Crippen LogP contribution in [0.25, 0.3) is 0 Å². The van der Waals surface area contributed by atoms with Gasteiger partial charge in [-0.3, -0.25) is 0 Å². The fourth-order valence-corrected chi connectivity index (χ4v) is 5.51. The monoisotopic (exact) mass is 235 g/mol. The van der Waals surface area contributed by atoms with Gasteiger partial charge in [-0.25, -0.2) is 0 Å². The Balaban J connectivity index is 1.88. The first-order valence-electron chi connectivity index (χ1n) is 7.86. The Morgan fingerprint density at radius 3 is 2.35 bits per heavy atom. The van der Waals surface area contributed by atoms with Crippen molar-refractivity contribution < 1.29 is 0 Å². The van der Waals surface area contributed by atoms with Crippen LogP contribution in [0, 0.1) is 22.7 Å². The first kappa shape index (κ1) is 12.0. The van der Waals surface area contributed by atoms with Gasteiger partial charge in [0.15, 0.2) is 0 Å². The van der Waals surface area contributed by atoms with Crippen molar-refractivity contribution in [3.63, 3.8) is 0 Å². The molecule has 3 rings (SSSR count). The Hall–Kier alpha value is -0.0400. The maximum absolute atomic E-state index is 3.70. The summed E-state index contributed by atoms with van der Waals surface area (Å²) in [6.07, 6.45) is 11.9. The van der Waals surface area contributed by atoms with Crippen LogP contribution >= 0.6 is 0 Å². The highest BCUT2D eigenvalue weighted by molar-refractivity contribution is 5.06. The quantitative estimate of drug-likeness (QED) is 0.725. The molecule has 0 bridgehead atoms. The van der Waals surface area contributed by atoms with Gasteiger partial charge in [-0.05, 0) is 55.0 Å². The van der Waals surface area contributed by atoms with Crippen LogP contribution in [0.4, 0.5) is 0 Å². The Morgan fingerprint density at radius 2 is 1.71 bits per heavy atom. The van der Waals surface area contributed by atoms with Gasteiger partial charge >= 0.3 is 0 Å². The summed E-state index contributed by atoms with van der Waals surface area (Å²) in [5, 5.41) is 3.70. The third kappa shape index (κ3) is 1.77. The third-order valence-electron chi connectivity index (χ3n) is 6.56. The van der Waals surface area contributed by atoms with Gasteiger partial charge in [-0.15, -0.1) is 0 Å². The SMILES string of the molecule is CC1(C)CCCC12CCNCC2C1CCCC1. The lowest BCUT2D eigenvalue weighted by Gasteiger charge is -2.53. The van der Waals surface area contributed by atoms with Crippen LogP contribution in [0.2, 0.25) is 0 Å². The Labute approximate surface area is 107 Å². The van der Waals surface area contributed by atoms with Crippen LogP contribution < -0.4 is 5.32 Å². The fraction of sp³-hybridized carbons (Fsp3) is 1.00. The summed E-state index contributed by atoms with van der Waals surface area (Å²) in [5.41, 5.74) is 1.29. The van der Waals surface area contributed by atoms with Gasteiger partial charge in [0, 0.05) is 0 Å². The Morgan fingerprint density at radius 1 is 0.941 bits per heavy atom. The molecule has 17 heavy (non-hydrogen) atoms. The molecule has 0 aromatic rings. The van der Waals surface area contributed by atoms with Crippen LogP contribution in [-0.4, -0.2) is 13.1 Å². The zero-order valence-electron chi connectivity index (χ0n) is 11.7. The number of nitrogens with one attached hydrogen (secondary N) is 1. The topological polar surface area (TPSA) is 12.0 Å². The van der Waals surface area contributed by atoms with Crippen molar-refractivity contribution in [2.75, 3.05) is 13.1 Å². The predicted molar refractivity (Wildman–Crippen MR) is 73.0 cm³/mol. The summed E-state index contributed by atoms with van der Waals surface area (Å²) in [6.45, 7) is 7.71. The van der Waals surface area contributed by atoms with Crippen molar-refractivity contribution >= 4 is 0 Å². The molecule has 0 aromatic carbocycles. The summed E-state index contributed by atoms with van der Waals surface area (Å²) < 4.78 is 0. The molecule has 1 nitrogen and oxygen atoms in total. The third-order valence-corrected chi connectivity index (χ3v) is 6.56. The van der Waals surface area contributed by atoms with E-state index in [9.17, 15) is 0 Å². The van der Waals surface area contributed by atoms with Crippen LogP contribution in [0.1, 0.15) is 65.2 Å². The summed E-state index contributed by atoms with van der Waals surface area (Å²) >= 11 is 0. The number of rotatable bonds is 1. The molecular weight excluding hydrogens is 206 g/mol. The minimum Gasteiger partial charge on any atom is -0.316 e. The molecule has 0 aromatic heterocycles. The van der Waals surface area contributed by atoms with Crippen molar-refractivity contribution in [1.82, 2.24) is 5.32 Å². The maximum atomic E-state index is 3.70. The minimum atomic E-state index is 0.600. The molecule has 3 aliphatic rings. The van der Waals surface area contributed by atoms with E-state index in [-0.39, 0.29) is 0 Å². The molecular formula is C16H29N. The van der Waals surface area contributed by atoms with Gasteiger partial charge in [0.1, 0.15) is 0 Å². The molecule has 0 amide bonds. The average molecular weight is 235 g/mol. The standard InChI is InChI=1S/C16H29N/c1-15(2)8-5-9-16(15)10-11-17-12-14(16)13-6-3-4-7-13/h13-14,17H,3-12H2,1-2H3. The molecule has 2 unspecified atom stereocenters. The van der Waals surface area contributed by atoms with Crippen molar-refractivity contribution in [3.05, 3.63) is 0 Å². The molecule has 3 fully saturated rings. The molecule has 1 heteroatoms. The van der Waals surface area contributed by atoms with Gasteiger partial charge in [0.05, 0.1) is 0 Å². The highest BCUT2D eigenvalue weighted by Gasteiger charge is 2.55. The molecule has 1 N–H and O–H groups in total. The van der Waals surface area contributed by atoms with E-state index in [1.165, 1.54) is 64.5 Å². The molecule has 1 heterocycles. The van der Waals surface area contributed by atoms with Gasteiger partial charge in [0.2, 0.25) is 0 Å². The van der Waals surface area contributed by atoms with Crippen molar-refractivity contribution in [2.45, 2.75) is 65.2 Å². The number of hydrogen-bond donors (Lipinski definition) is 1. The van der Waals surface area contributed by atoms with E-state index in [2.05, 4.69) is 19.2 Å². The van der Waals surface area contributed by atoms with Crippen molar-refractivity contribution in [1.29, 1.82) is 0 Å². The van der Waals surface area contributed by atoms with E-state index < -0.39 is 0 Å². The lowest BCUT2D eigenvalue weighted by atomic mass is 9.55. The predicted octanol–water partition coefficient (Wildman–Crippen LogP) is 3.98. The van der Waals surface area contributed by atoms with Crippen molar-refractivity contribution in [2.24, 2.45) is 22.7 Å². The lowest BCUT2D eigenvalue weighted by molar-refractivity contribution is -0.0243. The van der Waals surface area contributed by atoms with E-state index in [4.69, 9.17) is 0 Å². The first-order chi connectivity index (χ1) is 8.16. The summed E-state index contributed by atoms with van der Waals surface area (Å²) in [6, 6.07) is 0. The minimum absolute atomic E-state index is 0.600. The van der Waals surface area contributed by atoms with E-state index in [0.29, 0.717) is 10.8 Å². The van der Waals surface area contributed by atoms with E-state index in [1.54, 1.807) is 0 Å². The van der Waals surface area contributed by atoms with Gasteiger partial charge in [-0.1, -0.05) is 46.0 Å². The van der Waals surface area contributed by atoms with Gasteiger partial charge in [0.25, 0.3) is 0 Å². The largest absolute Gasteiger partial charge is 0.316 e. The zero-order chi connectivity index (χ0) is 11.9. The summed E-state index contributed by atoms with van der Waals surface area (Å²) in [4.78, 5) is 0. The first-order valence-corrected chi connectivity index (χ1v) is 7.86. The number of piperidine rings is 1. The summed E-state index contributed by atoms with van der Waals surface area (Å²) in [5.74, 6) is 2.02. The second kappa shape index (κ2) is 4.26. The lowest BCUT2D eigenvalue weighted by Crippen LogP contribution is -2.52. The second-order valence-corrected chi connectivity index (χ2v) is 7.50. The average Bonchev–Trinajstić information content (AvgIpc) is 2.90. The normalized spacial score (nSPS) is 42.4. The molecule has 1 spiro atoms. The highest BCUT2D eigenvalue weighted by Crippen LogP contribution is 2.62. The van der Waals surface area contributed by atoms with E-state index in [0.717, 1.165) is 11.8 Å². The van der Waals surface area contributed by atoms with Crippen LogP contribution in [0.15, 0.2) is 0 Å². The molecule has 2 saturated carbocycles. The van der Waals surface area contributed by atoms with Gasteiger partial charge in [-0.2, -0.15) is 0 Å². The molecule has 2 atom stereocenters. The smallest absolute Gasteiger partial charge is 0.00123 e. The van der Waals surface area contributed by atoms with Crippen LogP contribution in [0.3, 0.4) is 0 Å². The second-order valence-electron chi connectivity index (χ2n) is 7.50. The Kier molecular flexibility index (Phi) is 3.01. The van der Waals surface area contributed by atoms with Crippen LogP contribution in [-0.2, 0) is 0 Å². The van der Waals surface area contributed by atoms with E-state index in [1.807, 2.05) is 0 Å². The molecule has 98 valence electrons. The zero-order valence-corrected chi connectivity index (χ0v) is 11.7. The van der Waals surface area contributed by atoms with Gasteiger partial charge < -0.3 is 5.32 Å². The fourth-order valence-electron chi connectivity index (χ4n) is 5.51. The highest BCUT2D eigenvalue weighted by atomic mass is 14.9. The maximum Gasteiger partial charge on any atom is -0.00123 e. The summed E-state index contributed by atoms with van der Waals surface area (Å²) in [7, 11) is 0. The van der Waals surface area contributed by atoms with Crippen LogP contribution in [0.5, 0.6) is 0 Å². The number of hydrogen-bond acceptors (Lipinski definition) is 1. The molecule has 1 saturated heterocycles. The molecule has 2 aliphatic carbocycles. The Bertz CT molecular complexity index is 277. The molecule has 1 aliphatic heterocycles.